The summed E-state index contributed by atoms with van der Waals surface area (Å²) in [7, 11) is 1.90. The summed E-state index contributed by atoms with van der Waals surface area (Å²) in [6, 6.07) is 0. The molecule has 6 nitrogen and oxygen atoms in total. The molecule has 1 aromatic heterocycles. The lowest BCUT2D eigenvalue weighted by atomic mass is 9.88. The van der Waals surface area contributed by atoms with Crippen molar-refractivity contribution in [2.45, 2.75) is 38.8 Å². The number of carbonyl (C=O) groups excluding carboxylic acids is 1. The first-order valence-corrected chi connectivity index (χ1v) is 7.48. The van der Waals surface area contributed by atoms with E-state index >= 15 is 0 Å². The number of hydrogen-bond donors (Lipinski definition) is 1. The molecule has 2 saturated carbocycles. The van der Waals surface area contributed by atoms with E-state index in [1.165, 1.54) is 25.7 Å². The predicted molar refractivity (Wildman–Crippen MR) is 74.5 cm³/mol. The Balaban J connectivity index is 1.51. The fraction of sp³-hybridized carbons (Fsp3) is 0.786. The molecule has 3 rings (SSSR count). The molecule has 6 heteroatoms. The van der Waals surface area contributed by atoms with Crippen molar-refractivity contribution < 1.29 is 4.79 Å². The summed E-state index contributed by atoms with van der Waals surface area (Å²) in [5, 5.41) is 7.82. The first-order valence-electron chi connectivity index (χ1n) is 7.48. The molecule has 1 aromatic rings. The van der Waals surface area contributed by atoms with Crippen LogP contribution < -0.4 is 5.73 Å². The Hall–Kier alpha value is -1.43. The summed E-state index contributed by atoms with van der Waals surface area (Å²) in [6.45, 7) is 1.50. The van der Waals surface area contributed by atoms with E-state index in [9.17, 15) is 4.79 Å². The van der Waals surface area contributed by atoms with Crippen LogP contribution >= 0.6 is 0 Å². The lowest BCUT2D eigenvalue weighted by Crippen LogP contribution is -2.36. The van der Waals surface area contributed by atoms with E-state index in [2.05, 4.69) is 10.3 Å². The zero-order valence-corrected chi connectivity index (χ0v) is 12.0. The number of carbonyl (C=O) groups is 1. The minimum atomic E-state index is 0.0984. The Morgan fingerprint density at radius 2 is 2.35 bits per heavy atom. The molecule has 2 aliphatic rings. The molecule has 3 unspecified atom stereocenters. The zero-order chi connectivity index (χ0) is 14.1. The molecule has 110 valence electrons. The maximum Gasteiger partial charge on any atom is 0.244 e. The van der Waals surface area contributed by atoms with Crippen LogP contribution in [0.1, 0.15) is 31.4 Å². The van der Waals surface area contributed by atoms with Crippen molar-refractivity contribution in [3.8, 4) is 0 Å². The highest BCUT2D eigenvalue weighted by Crippen LogP contribution is 2.48. The third kappa shape index (κ3) is 2.70. The Morgan fingerprint density at radius 1 is 1.50 bits per heavy atom. The van der Waals surface area contributed by atoms with E-state index < -0.39 is 0 Å². The van der Waals surface area contributed by atoms with E-state index in [1.54, 1.807) is 10.9 Å². The summed E-state index contributed by atoms with van der Waals surface area (Å²) < 4.78 is 1.57. The SMILES string of the molecule is CN(CC1CC2CCC1C2)C(=O)Cn1cc(CN)nn1. The van der Waals surface area contributed by atoms with Gasteiger partial charge in [-0.3, -0.25) is 4.79 Å². The van der Waals surface area contributed by atoms with Gasteiger partial charge in [0.15, 0.2) is 0 Å². The van der Waals surface area contributed by atoms with Gasteiger partial charge in [0.2, 0.25) is 5.91 Å². The van der Waals surface area contributed by atoms with Gasteiger partial charge in [-0.2, -0.15) is 0 Å². The second-order valence-corrected chi connectivity index (χ2v) is 6.32. The van der Waals surface area contributed by atoms with Gasteiger partial charge in [-0.05, 0) is 37.0 Å². The van der Waals surface area contributed by atoms with Gasteiger partial charge in [-0.25, -0.2) is 4.68 Å². The highest BCUT2D eigenvalue weighted by Gasteiger charge is 2.40. The van der Waals surface area contributed by atoms with Gasteiger partial charge in [0.05, 0.1) is 11.9 Å². The number of hydrogen-bond acceptors (Lipinski definition) is 4. The molecule has 0 aliphatic heterocycles. The quantitative estimate of drug-likeness (QED) is 0.856. The van der Waals surface area contributed by atoms with Crippen LogP contribution in [0.15, 0.2) is 6.20 Å². The third-order valence-electron chi connectivity index (χ3n) is 4.91. The Kier molecular flexibility index (Phi) is 3.74. The van der Waals surface area contributed by atoms with Crippen LogP contribution in [0.5, 0.6) is 0 Å². The first kappa shape index (κ1) is 13.5. The number of likely N-dealkylation sites (N-methyl/N-ethyl adjacent to an activating group) is 1. The number of amides is 1. The fourth-order valence-electron chi connectivity index (χ4n) is 3.82. The number of fused-ring (bicyclic) bond motifs is 2. The van der Waals surface area contributed by atoms with Crippen molar-refractivity contribution in [1.82, 2.24) is 19.9 Å². The van der Waals surface area contributed by atoms with Crippen LogP contribution in [0.3, 0.4) is 0 Å². The minimum absolute atomic E-state index is 0.0984. The van der Waals surface area contributed by atoms with Gasteiger partial charge in [-0.1, -0.05) is 11.6 Å². The van der Waals surface area contributed by atoms with Gasteiger partial charge in [-0.15, -0.1) is 5.10 Å². The highest BCUT2D eigenvalue weighted by atomic mass is 16.2. The van der Waals surface area contributed by atoms with Crippen LogP contribution in [0.2, 0.25) is 0 Å². The summed E-state index contributed by atoms with van der Waals surface area (Å²) in [5.41, 5.74) is 6.20. The molecule has 2 bridgehead atoms. The topological polar surface area (TPSA) is 77.0 Å². The van der Waals surface area contributed by atoms with Crippen molar-refractivity contribution in [2.75, 3.05) is 13.6 Å². The Labute approximate surface area is 119 Å². The minimum Gasteiger partial charge on any atom is -0.344 e. The van der Waals surface area contributed by atoms with Crippen molar-refractivity contribution in [3.05, 3.63) is 11.9 Å². The smallest absolute Gasteiger partial charge is 0.244 e. The van der Waals surface area contributed by atoms with E-state index in [0.717, 1.165) is 18.4 Å². The Bertz CT molecular complexity index is 486. The van der Waals surface area contributed by atoms with Gasteiger partial charge in [0.25, 0.3) is 0 Å². The van der Waals surface area contributed by atoms with Crippen molar-refractivity contribution in [1.29, 1.82) is 0 Å². The van der Waals surface area contributed by atoms with Crippen LogP contribution in [-0.4, -0.2) is 39.4 Å². The molecule has 0 saturated heterocycles. The highest BCUT2D eigenvalue weighted by molar-refractivity contribution is 5.75. The van der Waals surface area contributed by atoms with E-state index in [0.29, 0.717) is 18.2 Å². The normalized spacial score (nSPS) is 28.0. The molecule has 0 aromatic carbocycles. The Morgan fingerprint density at radius 3 is 2.95 bits per heavy atom. The third-order valence-corrected chi connectivity index (χ3v) is 4.91. The molecule has 1 amide bonds. The van der Waals surface area contributed by atoms with Crippen LogP contribution in [0, 0.1) is 17.8 Å². The monoisotopic (exact) mass is 277 g/mol. The standard InChI is InChI=1S/C14H23N5O/c1-18(7-12-5-10-2-3-11(12)4-10)14(20)9-19-8-13(6-15)16-17-19/h8,10-12H,2-7,9,15H2,1H3. The molecule has 2 fully saturated rings. The number of nitrogens with two attached hydrogens (primary N) is 1. The predicted octanol–water partition coefficient (Wildman–Crippen LogP) is 0.631. The van der Waals surface area contributed by atoms with E-state index in [1.807, 2.05) is 11.9 Å². The van der Waals surface area contributed by atoms with Crippen LogP contribution in [0.4, 0.5) is 0 Å². The fourth-order valence-corrected chi connectivity index (χ4v) is 3.82. The molecule has 0 radical (unpaired) electrons. The molecule has 20 heavy (non-hydrogen) atoms. The van der Waals surface area contributed by atoms with E-state index in [4.69, 9.17) is 5.73 Å². The lowest BCUT2D eigenvalue weighted by molar-refractivity contribution is -0.131. The largest absolute Gasteiger partial charge is 0.344 e. The van der Waals surface area contributed by atoms with Gasteiger partial charge in [0.1, 0.15) is 6.54 Å². The van der Waals surface area contributed by atoms with E-state index in [-0.39, 0.29) is 12.5 Å². The second kappa shape index (κ2) is 5.52. The van der Waals surface area contributed by atoms with Crippen molar-refractivity contribution in [3.63, 3.8) is 0 Å². The maximum atomic E-state index is 12.2. The maximum absolute atomic E-state index is 12.2. The summed E-state index contributed by atoms with van der Waals surface area (Å²) in [6.07, 6.45) is 7.20. The van der Waals surface area contributed by atoms with Gasteiger partial charge >= 0.3 is 0 Å². The molecular formula is C14H23N5O. The number of aromatic nitrogens is 3. The van der Waals surface area contributed by atoms with Gasteiger partial charge in [0, 0.05) is 20.1 Å². The molecule has 2 N–H and O–H groups in total. The molecule has 3 atom stereocenters. The van der Waals surface area contributed by atoms with Gasteiger partial charge < -0.3 is 10.6 Å². The van der Waals surface area contributed by atoms with Crippen molar-refractivity contribution in [2.24, 2.45) is 23.5 Å². The van der Waals surface area contributed by atoms with Crippen molar-refractivity contribution >= 4 is 5.91 Å². The van der Waals surface area contributed by atoms with Crippen LogP contribution in [-0.2, 0) is 17.9 Å². The zero-order valence-electron chi connectivity index (χ0n) is 12.0. The number of nitrogens with zero attached hydrogens (tertiary/aromatic N) is 4. The van der Waals surface area contributed by atoms with Crippen LogP contribution in [0.25, 0.3) is 0 Å². The summed E-state index contributed by atoms with van der Waals surface area (Å²) in [4.78, 5) is 14.1. The summed E-state index contributed by atoms with van der Waals surface area (Å²) in [5.74, 6) is 2.58. The average Bonchev–Trinajstić information content (AvgIpc) is 3.14. The molecule has 1 heterocycles. The number of rotatable bonds is 5. The summed E-state index contributed by atoms with van der Waals surface area (Å²) >= 11 is 0. The first-order chi connectivity index (χ1) is 9.65. The molecule has 2 aliphatic carbocycles. The average molecular weight is 277 g/mol. The lowest BCUT2D eigenvalue weighted by Gasteiger charge is -2.27. The molecular weight excluding hydrogens is 254 g/mol. The second-order valence-electron chi connectivity index (χ2n) is 6.32. The molecule has 0 spiro atoms.